The molecule has 1 aliphatic heterocycles. The van der Waals surface area contributed by atoms with Crippen LogP contribution in [-0.2, 0) is 0 Å². The summed E-state index contributed by atoms with van der Waals surface area (Å²) in [7, 11) is 1.73. The highest BCUT2D eigenvalue weighted by Gasteiger charge is 2.23. The summed E-state index contributed by atoms with van der Waals surface area (Å²) in [5.41, 5.74) is 1.18. The summed E-state index contributed by atoms with van der Waals surface area (Å²) in [6.07, 6.45) is 2.98. The third-order valence-electron chi connectivity index (χ3n) is 3.18. The minimum absolute atomic E-state index is 0.470. The van der Waals surface area contributed by atoms with Crippen molar-refractivity contribution in [1.29, 1.82) is 0 Å². The van der Waals surface area contributed by atoms with Crippen molar-refractivity contribution in [3.8, 4) is 5.75 Å². The molecule has 2 rings (SSSR count). The maximum absolute atomic E-state index is 5.44. The van der Waals surface area contributed by atoms with Crippen LogP contribution in [0, 0.1) is 0 Å². The molecule has 0 amide bonds. The monoisotopic (exact) mass is 232 g/mol. The first-order chi connectivity index (χ1) is 8.36. The minimum atomic E-state index is 0.470. The van der Waals surface area contributed by atoms with Crippen molar-refractivity contribution in [2.24, 2.45) is 0 Å². The van der Waals surface area contributed by atoms with Crippen LogP contribution in [0.1, 0.15) is 6.42 Å². The second-order valence-electron chi connectivity index (χ2n) is 4.25. The van der Waals surface area contributed by atoms with E-state index in [0.29, 0.717) is 6.04 Å². The smallest absolute Gasteiger partial charge is 0.142 e. The maximum Gasteiger partial charge on any atom is 0.142 e. The molecule has 1 heterocycles. The zero-order valence-electron chi connectivity index (χ0n) is 10.4. The number of nitrogens with one attached hydrogen (secondary N) is 1. The Kier molecular flexibility index (Phi) is 4.04. The topological polar surface area (TPSA) is 24.5 Å². The van der Waals surface area contributed by atoms with E-state index >= 15 is 0 Å². The lowest BCUT2D eigenvalue weighted by Crippen LogP contribution is -2.51. The van der Waals surface area contributed by atoms with Crippen LogP contribution in [0.4, 0.5) is 5.69 Å². The molecular formula is C14H20N2O. The van der Waals surface area contributed by atoms with Gasteiger partial charge in [0.2, 0.25) is 0 Å². The summed E-state index contributed by atoms with van der Waals surface area (Å²) in [6, 6.07) is 8.68. The Morgan fingerprint density at radius 1 is 1.53 bits per heavy atom. The Morgan fingerprint density at radius 2 is 2.35 bits per heavy atom. The molecule has 1 aromatic rings. The normalized spacial score (nSPS) is 20.1. The summed E-state index contributed by atoms with van der Waals surface area (Å²) in [5.74, 6) is 0.948. The number of rotatable bonds is 4. The van der Waals surface area contributed by atoms with Crippen LogP contribution in [0.5, 0.6) is 5.75 Å². The van der Waals surface area contributed by atoms with E-state index in [2.05, 4.69) is 28.9 Å². The number of hydrogen-bond donors (Lipinski definition) is 1. The van der Waals surface area contributed by atoms with Gasteiger partial charge < -0.3 is 15.0 Å². The number of methoxy groups -OCH3 is 1. The van der Waals surface area contributed by atoms with Gasteiger partial charge in [-0.2, -0.15) is 0 Å². The fourth-order valence-electron chi connectivity index (χ4n) is 2.35. The van der Waals surface area contributed by atoms with Gasteiger partial charge in [-0.3, -0.25) is 0 Å². The molecule has 1 aliphatic rings. The number of benzene rings is 1. The molecule has 1 aromatic carbocycles. The predicted molar refractivity (Wildman–Crippen MR) is 71.8 cm³/mol. The van der Waals surface area contributed by atoms with Crippen molar-refractivity contribution in [2.75, 3.05) is 31.6 Å². The molecule has 0 saturated carbocycles. The Hall–Kier alpha value is -1.48. The van der Waals surface area contributed by atoms with Gasteiger partial charge >= 0.3 is 0 Å². The number of hydrogen-bond acceptors (Lipinski definition) is 3. The fourth-order valence-corrected chi connectivity index (χ4v) is 2.35. The largest absolute Gasteiger partial charge is 0.495 e. The molecule has 3 heteroatoms. The molecule has 1 atom stereocenters. The average molecular weight is 232 g/mol. The summed E-state index contributed by atoms with van der Waals surface area (Å²) < 4.78 is 5.44. The van der Waals surface area contributed by atoms with Crippen molar-refractivity contribution in [1.82, 2.24) is 5.32 Å². The molecule has 1 N–H and O–H groups in total. The summed E-state index contributed by atoms with van der Waals surface area (Å²) in [6.45, 7) is 6.88. The van der Waals surface area contributed by atoms with Gasteiger partial charge in [0.05, 0.1) is 12.8 Å². The summed E-state index contributed by atoms with van der Waals surface area (Å²) in [4.78, 5) is 2.41. The van der Waals surface area contributed by atoms with Crippen LogP contribution in [0.15, 0.2) is 36.9 Å². The predicted octanol–water partition coefficient (Wildman–Crippen LogP) is 2.05. The Morgan fingerprint density at radius 3 is 3.12 bits per heavy atom. The Bertz CT molecular complexity index is 378. The maximum atomic E-state index is 5.44. The van der Waals surface area contributed by atoms with E-state index < -0.39 is 0 Å². The molecule has 0 aromatic heterocycles. The second-order valence-corrected chi connectivity index (χ2v) is 4.25. The molecule has 0 radical (unpaired) electrons. The van der Waals surface area contributed by atoms with Crippen LogP contribution in [0.25, 0.3) is 0 Å². The lowest BCUT2D eigenvalue weighted by Gasteiger charge is -2.38. The Labute approximate surface area is 103 Å². The summed E-state index contributed by atoms with van der Waals surface area (Å²) >= 11 is 0. The Balaban J connectivity index is 2.25. The van der Waals surface area contributed by atoms with Gasteiger partial charge in [-0.05, 0) is 18.6 Å². The van der Waals surface area contributed by atoms with Crippen LogP contribution in [0.2, 0.25) is 0 Å². The van der Waals surface area contributed by atoms with Gasteiger partial charge in [-0.25, -0.2) is 0 Å². The SMILES string of the molecule is C=CCC1CNCCN1c1ccccc1OC. The average Bonchev–Trinajstić information content (AvgIpc) is 2.40. The first kappa shape index (κ1) is 12.0. The number of anilines is 1. The molecule has 0 aliphatic carbocycles. The molecule has 1 unspecified atom stereocenters. The molecule has 0 spiro atoms. The van der Waals surface area contributed by atoms with Crippen LogP contribution in [-0.4, -0.2) is 32.8 Å². The number of piperazine rings is 1. The van der Waals surface area contributed by atoms with Crippen molar-refractivity contribution in [2.45, 2.75) is 12.5 Å². The third kappa shape index (κ3) is 2.61. The van der Waals surface area contributed by atoms with Gasteiger partial charge in [-0.1, -0.05) is 18.2 Å². The van der Waals surface area contributed by atoms with Crippen LogP contribution >= 0.6 is 0 Å². The van der Waals surface area contributed by atoms with E-state index in [1.165, 1.54) is 5.69 Å². The lowest BCUT2D eigenvalue weighted by atomic mass is 10.1. The molecule has 1 fully saturated rings. The fraction of sp³-hybridized carbons (Fsp3) is 0.429. The lowest BCUT2D eigenvalue weighted by molar-refractivity contribution is 0.407. The van der Waals surface area contributed by atoms with Crippen LogP contribution in [0.3, 0.4) is 0 Å². The summed E-state index contributed by atoms with van der Waals surface area (Å²) in [5, 5.41) is 3.43. The molecule has 0 bridgehead atoms. The van der Waals surface area contributed by atoms with Gasteiger partial charge in [0, 0.05) is 25.7 Å². The van der Waals surface area contributed by atoms with E-state index in [1.54, 1.807) is 7.11 Å². The highest BCUT2D eigenvalue weighted by atomic mass is 16.5. The highest BCUT2D eigenvalue weighted by Crippen LogP contribution is 2.30. The van der Waals surface area contributed by atoms with Gasteiger partial charge in [0.25, 0.3) is 0 Å². The van der Waals surface area contributed by atoms with E-state index in [0.717, 1.165) is 31.8 Å². The molecule has 17 heavy (non-hydrogen) atoms. The first-order valence-electron chi connectivity index (χ1n) is 6.08. The molecule has 92 valence electrons. The standard InChI is InChI=1S/C14H20N2O/c1-3-6-12-11-15-9-10-16(12)13-7-4-5-8-14(13)17-2/h3-5,7-8,12,15H,1,6,9-11H2,2H3. The number of ether oxygens (including phenoxy) is 1. The third-order valence-corrected chi connectivity index (χ3v) is 3.18. The van der Waals surface area contributed by atoms with E-state index in [4.69, 9.17) is 4.74 Å². The van der Waals surface area contributed by atoms with Crippen molar-refractivity contribution in [3.05, 3.63) is 36.9 Å². The minimum Gasteiger partial charge on any atom is -0.495 e. The quantitative estimate of drug-likeness (QED) is 0.804. The van der Waals surface area contributed by atoms with Crippen molar-refractivity contribution >= 4 is 5.69 Å². The van der Waals surface area contributed by atoms with E-state index in [-0.39, 0.29) is 0 Å². The molecule has 3 nitrogen and oxygen atoms in total. The van der Waals surface area contributed by atoms with E-state index in [9.17, 15) is 0 Å². The van der Waals surface area contributed by atoms with Gasteiger partial charge in [0.1, 0.15) is 5.75 Å². The van der Waals surface area contributed by atoms with Crippen LogP contribution < -0.4 is 15.0 Å². The number of para-hydroxylation sites is 2. The molecular weight excluding hydrogens is 212 g/mol. The van der Waals surface area contributed by atoms with Gasteiger partial charge in [-0.15, -0.1) is 6.58 Å². The van der Waals surface area contributed by atoms with Crippen molar-refractivity contribution < 1.29 is 4.74 Å². The van der Waals surface area contributed by atoms with Crippen molar-refractivity contribution in [3.63, 3.8) is 0 Å². The molecule has 1 saturated heterocycles. The first-order valence-corrected chi connectivity index (χ1v) is 6.08. The van der Waals surface area contributed by atoms with E-state index in [1.807, 2.05) is 18.2 Å². The van der Waals surface area contributed by atoms with Gasteiger partial charge in [0.15, 0.2) is 0 Å². The zero-order valence-corrected chi connectivity index (χ0v) is 10.4. The second kappa shape index (κ2) is 5.73. The zero-order chi connectivity index (χ0) is 12.1. The number of nitrogens with zero attached hydrogens (tertiary/aromatic N) is 1. The highest BCUT2D eigenvalue weighted by molar-refractivity contribution is 5.59.